The van der Waals surface area contributed by atoms with Gasteiger partial charge >= 0.3 is 0 Å². The second kappa shape index (κ2) is 9.35. The first-order valence-electron chi connectivity index (χ1n) is 11.4. The van der Waals surface area contributed by atoms with E-state index in [0.29, 0.717) is 13.1 Å². The molecule has 0 aliphatic carbocycles. The van der Waals surface area contributed by atoms with Gasteiger partial charge in [-0.3, -0.25) is 4.79 Å². The summed E-state index contributed by atoms with van der Waals surface area (Å²) in [5.74, 6) is 0.846. The van der Waals surface area contributed by atoms with E-state index < -0.39 is 0 Å². The Kier molecular flexibility index (Phi) is 6.12. The number of methoxy groups -OCH3 is 1. The number of carbonyl (C=O) groups is 1. The number of aromatic nitrogens is 1. The average Bonchev–Trinajstić information content (AvgIpc) is 2.89. The van der Waals surface area contributed by atoms with Crippen molar-refractivity contribution in [2.24, 2.45) is 0 Å². The molecule has 3 aromatic carbocycles. The number of hydrogen-bond donors (Lipinski definition) is 0. The normalized spacial score (nSPS) is 13.9. The molecule has 1 aromatic heterocycles. The molecule has 2 heterocycles. The number of ether oxygens (including phenoxy) is 1. The lowest BCUT2D eigenvalue weighted by atomic mass is 9.96. The molecular weight excluding hydrogens is 446 g/mol. The maximum Gasteiger partial charge on any atom is 0.255 e. The molecule has 0 bridgehead atoms. The van der Waals surface area contributed by atoms with Crippen molar-refractivity contribution in [3.8, 4) is 17.0 Å². The summed E-state index contributed by atoms with van der Waals surface area (Å²) in [6.45, 7) is 4.88. The molecule has 5 nitrogen and oxygen atoms in total. The van der Waals surface area contributed by atoms with Gasteiger partial charge in [0, 0.05) is 47.8 Å². The van der Waals surface area contributed by atoms with Crippen LogP contribution in [0.25, 0.3) is 22.2 Å². The van der Waals surface area contributed by atoms with Crippen LogP contribution >= 0.6 is 11.6 Å². The summed E-state index contributed by atoms with van der Waals surface area (Å²) in [4.78, 5) is 23.0. The second-order valence-corrected chi connectivity index (χ2v) is 8.90. The summed E-state index contributed by atoms with van der Waals surface area (Å²) in [5, 5.41) is 1.62. The highest BCUT2D eigenvalue weighted by Crippen LogP contribution is 2.32. The van der Waals surface area contributed by atoms with Crippen LogP contribution in [0, 0.1) is 6.92 Å². The van der Waals surface area contributed by atoms with Gasteiger partial charge in [-0.1, -0.05) is 29.8 Å². The molecule has 6 heteroatoms. The Morgan fingerprint density at radius 3 is 2.26 bits per heavy atom. The van der Waals surface area contributed by atoms with E-state index in [0.717, 1.165) is 62.8 Å². The van der Waals surface area contributed by atoms with Gasteiger partial charge in [0.1, 0.15) is 5.75 Å². The first kappa shape index (κ1) is 22.2. The summed E-state index contributed by atoms with van der Waals surface area (Å²) in [6.07, 6.45) is 0. The molecule has 1 aliphatic heterocycles. The molecular formula is C28H26ClN3O2. The molecule has 1 fully saturated rings. The van der Waals surface area contributed by atoms with Crippen molar-refractivity contribution in [1.29, 1.82) is 0 Å². The molecule has 0 saturated carbocycles. The molecule has 0 N–H and O–H groups in total. The van der Waals surface area contributed by atoms with Crippen molar-refractivity contribution in [1.82, 2.24) is 9.88 Å². The fraction of sp³-hybridized carbons (Fsp3) is 0.214. The molecule has 0 unspecified atom stereocenters. The van der Waals surface area contributed by atoms with E-state index in [1.165, 1.54) is 0 Å². The number of hydrogen-bond acceptors (Lipinski definition) is 4. The quantitative estimate of drug-likeness (QED) is 0.375. The van der Waals surface area contributed by atoms with E-state index in [2.05, 4.69) is 4.90 Å². The van der Waals surface area contributed by atoms with E-state index in [-0.39, 0.29) is 5.91 Å². The predicted octanol–water partition coefficient (Wildman–Crippen LogP) is 5.83. The number of piperazine rings is 1. The van der Waals surface area contributed by atoms with Crippen molar-refractivity contribution < 1.29 is 9.53 Å². The number of fused-ring (bicyclic) bond motifs is 1. The number of halogens is 1. The number of para-hydroxylation sites is 1. The Bertz CT molecular complexity index is 1330. The van der Waals surface area contributed by atoms with Crippen molar-refractivity contribution in [3.05, 3.63) is 88.9 Å². The largest absolute Gasteiger partial charge is 0.497 e. The van der Waals surface area contributed by atoms with E-state index in [4.69, 9.17) is 21.3 Å². The molecule has 5 rings (SSSR count). The molecule has 0 atom stereocenters. The van der Waals surface area contributed by atoms with Gasteiger partial charge in [-0.05, 0) is 67.1 Å². The first-order chi connectivity index (χ1) is 16.5. The van der Waals surface area contributed by atoms with Crippen molar-refractivity contribution in [2.45, 2.75) is 6.92 Å². The summed E-state index contributed by atoms with van der Waals surface area (Å²) >= 11 is 6.04. The number of rotatable bonds is 4. The van der Waals surface area contributed by atoms with Crippen LogP contribution in [0.2, 0.25) is 5.02 Å². The highest BCUT2D eigenvalue weighted by Gasteiger charge is 2.26. The molecule has 0 spiro atoms. The summed E-state index contributed by atoms with van der Waals surface area (Å²) in [5.41, 5.74) is 5.37. The molecule has 1 aliphatic rings. The summed E-state index contributed by atoms with van der Waals surface area (Å²) in [7, 11) is 1.65. The maximum absolute atomic E-state index is 13.8. The van der Waals surface area contributed by atoms with Gasteiger partial charge in [-0.2, -0.15) is 0 Å². The fourth-order valence-corrected chi connectivity index (χ4v) is 4.72. The predicted molar refractivity (Wildman–Crippen MR) is 138 cm³/mol. The Morgan fingerprint density at radius 1 is 0.912 bits per heavy atom. The Morgan fingerprint density at radius 2 is 1.59 bits per heavy atom. The van der Waals surface area contributed by atoms with E-state index >= 15 is 0 Å². The maximum atomic E-state index is 13.8. The van der Waals surface area contributed by atoms with Gasteiger partial charge in [0.15, 0.2) is 0 Å². The number of pyridine rings is 1. The van der Waals surface area contributed by atoms with Gasteiger partial charge in [-0.25, -0.2) is 4.98 Å². The molecule has 1 amide bonds. The fourth-order valence-electron chi connectivity index (χ4n) is 4.59. The van der Waals surface area contributed by atoms with Gasteiger partial charge < -0.3 is 14.5 Å². The number of amides is 1. The van der Waals surface area contributed by atoms with Crippen LogP contribution in [0.3, 0.4) is 0 Å². The Balaban J connectivity index is 1.47. The van der Waals surface area contributed by atoms with Gasteiger partial charge in [0.25, 0.3) is 5.91 Å². The van der Waals surface area contributed by atoms with Crippen molar-refractivity contribution in [3.63, 3.8) is 0 Å². The number of carbonyl (C=O) groups excluding carboxylic acids is 1. The Hall–Kier alpha value is -3.57. The average molecular weight is 472 g/mol. The second-order valence-electron chi connectivity index (χ2n) is 8.46. The number of benzene rings is 3. The van der Waals surface area contributed by atoms with Crippen LogP contribution in [0.15, 0.2) is 72.8 Å². The molecule has 34 heavy (non-hydrogen) atoms. The van der Waals surface area contributed by atoms with Crippen LogP contribution in [0.4, 0.5) is 5.69 Å². The standard InChI is InChI=1S/C28H26ClN3O2/c1-19-26(28(33)32-17-15-31(16-18-32)22-11-9-21(29)10-12-22)24-5-3-4-6-25(24)30-27(19)20-7-13-23(34-2)14-8-20/h3-14H,15-18H2,1-2H3. The zero-order chi connectivity index (χ0) is 23.7. The minimum Gasteiger partial charge on any atom is -0.497 e. The van der Waals surface area contributed by atoms with Crippen molar-refractivity contribution >= 4 is 34.1 Å². The zero-order valence-electron chi connectivity index (χ0n) is 19.3. The van der Waals surface area contributed by atoms with Gasteiger partial charge in [0.05, 0.1) is 23.9 Å². The monoisotopic (exact) mass is 471 g/mol. The summed E-state index contributed by atoms with van der Waals surface area (Å²) < 4.78 is 5.30. The Labute approximate surface area is 204 Å². The SMILES string of the molecule is COc1ccc(-c2nc3ccccc3c(C(=O)N3CCN(c4ccc(Cl)cc4)CC3)c2C)cc1. The van der Waals surface area contributed by atoms with Crippen LogP contribution in [0.1, 0.15) is 15.9 Å². The number of nitrogens with zero attached hydrogens (tertiary/aromatic N) is 3. The lowest BCUT2D eigenvalue weighted by molar-refractivity contribution is 0.0748. The minimum atomic E-state index is 0.0571. The van der Waals surface area contributed by atoms with Gasteiger partial charge in [0.2, 0.25) is 0 Å². The zero-order valence-corrected chi connectivity index (χ0v) is 20.0. The van der Waals surface area contributed by atoms with Gasteiger partial charge in [-0.15, -0.1) is 0 Å². The van der Waals surface area contributed by atoms with Crippen molar-refractivity contribution in [2.75, 3.05) is 38.2 Å². The molecule has 172 valence electrons. The highest BCUT2D eigenvalue weighted by atomic mass is 35.5. The number of anilines is 1. The third-order valence-electron chi connectivity index (χ3n) is 6.47. The van der Waals surface area contributed by atoms with Crippen LogP contribution in [0.5, 0.6) is 5.75 Å². The highest BCUT2D eigenvalue weighted by molar-refractivity contribution is 6.30. The first-order valence-corrected chi connectivity index (χ1v) is 11.8. The molecule has 4 aromatic rings. The topological polar surface area (TPSA) is 45.7 Å². The van der Waals surface area contributed by atoms with Crippen LogP contribution in [-0.4, -0.2) is 49.1 Å². The van der Waals surface area contributed by atoms with E-state index in [1.54, 1.807) is 7.11 Å². The van der Waals surface area contributed by atoms with E-state index in [9.17, 15) is 4.79 Å². The lowest BCUT2D eigenvalue weighted by Crippen LogP contribution is -2.49. The lowest BCUT2D eigenvalue weighted by Gasteiger charge is -2.36. The third-order valence-corrected chi connectivity index (χ3v) is 6.72. The third kappa shape index (κ3) is 4.19. The summed E-state index contributed by atoms with van der Waals surface area (Å²) in [6, 6.07) is 23.6. The molecule has 0 radical (unpaired) electrons. The van der Waals surface area contributed by atoms with Crippen LogP contribution < -0.4 is 9.64 Å². The van der Waals surface area contributed by atoms with Crippen LogP contribution in [-0.2, 0) is 0 Å². The smallest absolute Gasteiger partial charge is 0.255 e. The molecule has 1 saturated heterocycles. The minimum absolute atomic E-state index is 0.0571. The van der Waals surface area contributed by atoms with E-state index in [1.807, 2.05) is 84.6 Å².